The van der Waals surface area contributed by atoms with Gasteiger partial charge in [-0.2, -0.15) is 10.4 Å². The van der Waals surface area contributed by atoms with E-state index < -0.39 is 23.2 Å². The van der Waals surface area contributed by atoms with Gasteiger partial charge in [-0.25, -0.2) is 18.2 Å². The van der Waals surface area contributed by atoms with Crippen LogP contribution < -0.4 is 14.8 Å². The van der Waals surface area contributed by atoms with Gasteiger partial charge < -0.3 is 24.1 Å². The fourth-order valence-corrected chi connectivity index (χ4v) is 7.54. The molecule has 5 aromatic carbocycles. The highest BCUT2D eigenvalue weighted by molar-refractivity contribution is 6.07. The number of aromatic amines is 1. The molecule has 2 aromatic heterocycles. The lowest BCUT2D eigenvalue weighted by atomic mass is 10.00. The number of carbonyl (C=O) groups is 1. The molecule has 0 spiro atoms. The van der Waals surface area contributed by atoms with E-state index in [1.54, 1.807) is 36.4 Å². The molecule has 10 nitrogen and oxygen atoms in total. The molecule has 4 heterocycles. The topological polar surface area (TPSA) is 127 Å². The number of para-hydroxylation sites is 1. The number of halogens is 3. The molecule has 286 valence electrons. The highest BCUT2D eigenvalue weighted by Crippen LogP contribution is 2.50. The number of aromatic nitrogens is 4. The second-order valence-corrected chi connectivity index (χ2v) is 14.8. The summed E-state index contributed by atoms with van der Waals surface area (Å²) in [5, 5.41) is 20.4. The molecule has 2 aliphatic rings. The molecule has 2 N–H and O–H groups in total. The summed E-state index contributed by atoms with van der Waals surface area (Å²) in [6.45, 7) is 6.74. The first-order chi connectivity index (χ1) is 27.5. The van der Waals surface area contributed by atoms with Crippen LogP contribution in [0, 0.1) is 28.8 Å². The largest absolute Gasteiger partial charge is 0.444 e. The number of nitriles is 1. The number of benzene rings is 5. The van der Waals surface area contributed by atoms with Crippen molar-refractivity contribution >= 4 is 33.5 Å². The molecule has 9 rings (SSSR count). The average molecular weight is 769 g/mol. The van der Waals surface area contributed by atoms with Crippen molar-refractivity contribution in [3.63, 3.8) is 0 Å². The molecule has 0 bridgehead atoms. The van der Waals surface area contributed by atoms with Gasteiger partial charge >= 0.3 is 0 Å². The molecule has 0 aliphatic carbocycles. The van der Waals surface area contributed by atoms with Crippen LogP contribution in [0.2, 0.25) is 0 Å². The van der Waals surface area contributed by atoms with E-state index in [-0.39, 0.29) is 63.7 Å². The summed E-state index contributed by atoms with van der Waals surface area (Å²) in [7, 11) is 0. The number of nitrogens with one attached hydrogen (secondary N) is 2. The number of H-pyrrole nitrogens is 1. The minimum Gasteiger partial charge on any atom is -0.444 e. The van der Waals surface area contributed by atoms with E-state index in [4.69, 9.17) is 24.5 Å². The molecule has 0 radical (unpaired) electrons. The zero-order valence-electron chi connectivity index (χ0n) is 31.1. The molecular weight excluding hydrogens is 734 g/mol. The monoisotopic (exact) mass is 768 g/mol. The Morgan fingerprint density at radius 3 is 2.58 bits per heavy atom. The summed E-state index contributed by atoms with van der Waals surface area (Å²) in [5.74, 6) is -2.92. The molecule has 2 atom stereocenters. The van der Waals surface area contributed by atoms with Crippen molar-refractivity contribution in [2.75, 3.05) is 11.9 Å². The van der Waals surface area contributed by atoms with Gasteiger partial charge in [0.1, 0.15) is 23.3 Å². The van der Waals surface area contributed by atoms with Crippen molar-refractivity contribution in [3.8, 4) is 28.7 Å². The SMILES string of the molecule is CC(C)c1[nH]nc2ccc(C(=O)Nc3ccc4c(c3)nc(Cc3cc(F)c(-c5cccc6c5OC(C)(c5ccc(C#N)cc5F)O6)cc3F)n4CC3CCO3)cc12. The van der Waals surface area contributed by atoms with Crippen molar-refractivity contribution in [1.82, 2.24) is 19.7 Å². The maximum absolute atomic E-state index is 16.1. The van der Waals surface area contributed by atoms with Crippen LogP contribution in [-0.2, 0) is 23.5 Å². The Balaban J connectivity index is 1.00. The Bertz CT molecular complexity index is 2800. The van der Waals surface area contributed by atoms with Gasteiger partial charge in [0, 0.05) is 53.4 Å². The second-order valence-electron chi connectivity index (χ2n) is 14.8. The van der Waals surface area contributed by atoms with Crippen molar-refractivity contribution in [2.24, 2.45) is 0 Å². The molecule has 57 heavy (non-hydrogen) atoms. The lowest BCUT2D eigenvalue weighted by Crippen LogP contribution is -2.32. The predicted octanol–water partition coefficient (Wildman–Crippen LogP) is 9.27. The first-order valence-electron chi connectivity index (χ1n) is 18.6. The minimum atomic E-state index is -1.62. The van der Waals surface area contributed by atoms with Crippen molar-refractivity contribution in [1.29, 1.82) is 5.26 Å². The fourth-order valence-electron chi connectivity index (χ4n) is 7.54. The third-order valence-electron chi connectivity index (χ3n) is 10.6. The lowest BCUT2D eigenvalue weighted by Gasteiger charge is -2.27. The van der Waals surface area contributed by atoms with Crippen LogP contribution in [0.5, 0.6) is 11.5 Å². The van der Waals surface area contributed by atoms with Crippen molar-refractivity contribution in [2.45, 2.75) is 58.0 Å². The van der Waals surface area contributed by atoms with Gasteiger partial charge in [-0.3, -0.25) is 9.89 Å². The van der Waals surface area contributed by atoms with Crippen LogP contribution in [-0.4, -0.2) is 38.4 Å². The number of hydrogen-bond donors (Lipinski definition) is 2. The Hall–Kier alpha value is -6.65. The molecule has 13 heteroatoms. The van der Waals surface area contributed by atoms with E-state index in [9.17, 15) is 4.79 Å². The summed E-state index contributed by atoms with van der Waals surface area (Å²) in [5.41, 5.74) is 4.50. The lowest BCUT2D eigenvalue weighted by molar-refractivity contribution is -0.0705. The zero-order valence-corrected chi connectivity index (χ0v) is 31.1. The minimum absolute atomic E-state index is 0.0302. The molecule has 1 amide bonds. The molecule has 1 fully saturated rings. The van der Waals surface area contributed by atoms with Gasteiger partial charge in [-0.15, -0.1) is 0 Å². The van der Waals surface area contributed by atoms with Gasteiger partial charge in [0.05, 0.1) is 46.4 Å². The quantitative estimate of drug-likeness (QED) is 0.150. The van der Waals surface area contributed by atoms with Crippen LogP contribution in [0.4, 0.5) is 18.9 Å². The van der Waals surface area contributed by atoms with E-state index in [0.29, 0.717) is 35.7 Å². The highest BCUT2D eigenvalue weighted by Gasteiger charge is 2.42. The van der Waals surface area contributed by atoms with E-state index in [1.165, 1.54) is 19.1 Å². The van der Waals surface area contributed by atoms with Crippen molar-refractivity contribution in [3.05, 3.63) is 136 Å². The molecule has 2 aliphatic heterocycles. The number of ether oxygens (including phenoxy) is 3. The summed E-state index contributed by atoms with van der Waals surface area (Å²) in [6.07, 6.45) is 0.774. The molecular formula is C44H35F3N6O4. The maximum Gasteiger partial charge on any atom is 0.278 e. The summed E-state index contributed by atoms with van der Waals surface area (Å²) >= 11 is 0. The van der Waals surface area contributed by atoms with Gasteiger partial charge in [-0.1, -0.05) is 26.0 Å². The fraction of sp³-hybridized carbons (Fsp3) is 0.227. The van der Waals surface area contributed by atoms with E-state index >= 15 is 13.2 Å². The number of nitrogens with zero attached hydrogens (tertiary/aromatic N) is 4. The van der Waals surface area contributed by atoms with Gasteiger partial charge in [0.2, 0.25) is 0 Å². The third-order valence-corrected chi connectivity index (χ3v) is 10.6. The average Bonchev–Trinajstić information content (AvgIpc) is 3.86. The first-order valence-corrected chi connectivity index (χ1v) is 18.6. The first kappa shape index (κ1) is 36.0. The normalized spacial score (nSPS) is 17.3. The Morgan fingerprint density at radius 2 is 1.82 bits per heavy atom. The number of fused-ring (bicyclic) bond motifs is 3. The smallest absolute Gasteiger partial charge is 0.278 e. The Kier molecular flexibility index (Phi) is 8.74. The van der Waals surface area contributed by atoms with Gasteiger partial charge in [-0.05, 0) is 90.7 Å². The van der Waals surface area contributed by atoms with Crippen LogP contribution in [0.3, 0.4) is 0 Å². The van der Waals surface area contributed by atoms with E-state index in [1.807, 2.05) is 28.8 Å². The number of anilines is 1. The van der Waals surface area contributed by atoms with E-state index in [0.717, 1.165) is 46.7 Å². The Labute approximate surface area is 324 Å². The number of amides is 1. The Morgan fingerprint density at radius 1 is 0.982 bits per heavy atom. The standard InChI is InChI=1S/C44H35F3N6O4/c1-23(2)41-31-16-25(8-11-36(31)51-52-41)43(54)49-27-9-12-38-37(19-27)50-40(53(38)22-28-13-14-55-28)18-26-17-34(46)30(20-33(26)45)29-5-4-6-39-42(29)57-44(3,56-39)32-10-7-24(21-48)15-35(32)47/h4-12,15-17,19-20,23,28H,13-14,18,22H2,1-3H3,(H,49,54)(H,51,52). The second kappa shape index (κ2) is 13.8. The molecule has 7 aromatic rings. The number of rotatable bonds is 9. The zero-order chi connectivity index (χ0) is 39.6. The van der Waals surface area contributed by atoms with Crippen molar-refractivity contribution < 1.29 is 32.2 Å². The van der Waals surface area contributed by atoms with E-state index in [2.05, 4.69) is 29.4 Å². The highest BCUT2D eigenvalue weighted by atomic mass is 19.1. The molecule has 2 unspecified atom stereocenters. The van der Waals surface area contributed by atoms with Crippen LogP contribution in [0.25, 0.3) is 33.1 Å². The van der Waals surface area contributed by atoms with Gasteiger partial charge in [0.25, 0.3) is 11.7 Å². The van der Waals surface area contributed by atoms with Crippen LogP contribution in [0.15, 0.2) is 84.9 Å². The third kappa shape index (κ3) is 6.41. The predicted molar refractivity (Wildman–Crippen MR) is 207 cm³/mol. The maximum atomic E-state index is 16.1. The number of hydrogen-bond acceptors (Lipinski definition) is 7. The number of imidazole rings is 1. The summed E-state index contributed by atoms with van der Waals surface area (Å²) in [6, 6.07) is 23.7. The van der Waals surface area contributed by atoms with Gasteiger partial charge in [0.15, 0.2) is 11.5 Å². The molecule has 1 saturated heterocycles. The van der Waals surface area contributed by atoms with Crippen LogP contribution >= 0.6 is 0 Å². The number of carbonyl (C=O) groups excluding carboxylic acids is 1. The summed E-state index contributed by atoms with van der Waals surface area (Å²) < 4.78 is 67.1. The van der Waals surface area contributed by atoms with Crippen LogP contribution in [0.1, 0.15) is 71.7 Å². The summed E-state index contributed by atoms with van der Waals surface area (Å²) in [4.78, 5) is 18.3. The molecule has 0 saturated carbocycles.